The molecular formula is C18H17ClN2O. The lowest BCUT2D eigenvalue weighted by atomic mass is 10.1. The van der Waals surface area contributed by atoms with Gasteiger partial charge in [-0.05, 0) is 43.2 Å². The van der Waals surface area contributed by atoms with E-state index in [4.69, 9.17) is 16.3 Å². The Balaban J connectivity index is 1.86. The number of benzene rings is 2. The maximum Gasteiger partial charge on any atom is 0.153 e. The van der Waals surface area contributed by atoms with Gasteiger partial charge in [0.25, 0.3) is 0 Å². The topological polar surface area (TPSA) is 37.9 Å². The van der Waals surface area contributed by atoms with Gasteiger partial charge in [0.05, 0.1) is 11.0 Å². The number of imidazole rings is 1. The molecule has 0 saturated carbocycles. The molecule has 3 nitrogen and oxygen atoms in total. The first-order chi connectivity index (χ1) is 10.7. The summed E-state index contributed by atoms with van der Waals surface area (Å²) in [5.74, 6) is 1.64. The van der Waals surface area contributed by atoms with Crippen LogP contribution in [-0.2, 0) is 6.42 Å². The zero-order valence-electron chi connectivity index (χ0n) is 12.3. The molecule has 0 spiro atoms. The number of para-hydroxylation sites is 1. The van der Waals surface area contributed by atoms with Crippen LogP contribution in [0.1, 0.15) is 24.4 Å². The summed E-state index contributed by atoms with van der Waals surface area (Å²) in [5, 5.41) is 0.688. The third-order valence-electron chi connectivity index (χ3n) is 3.49. The molecule has 1 atom stereocenters. The highest BCUT2D eigenvalue weighted by Crippen LogP contribution is 2.26. The Morgan fingerprint density at radius 1 is 1.32 bits per heavy atom. The quantitative estimate of drug-likeness (QED) is 0.667. The van der Waals surface area contributed by atoms with E-state index in [-0.39, 0.29) is 6.10 Å². The number of hydrogen-bond donors (Lipinski definition) is 1. The largest absolute Gasteiger partial charge is 0.483 e. The zero-order chi connectivity index (χ0) is 15.5. The predicted molar refractivity (Wildman–Crippen MR) is 90.5 cm³/mol. The van der Waals surface area contributed by atoms with Gasteiger partial charge in [-0.15, -0.1) is 6.58 Å². The molecule has 0 radical (unpaired) electrons. The maximum absolute atomic E-state index is 6.07. The highest BCUT2D eigenvalue weighted by Gasteiger charge is 2.14. The highest BCUT2D eigenvalue weighted by molar-refractivity contribution is 6.31. The number of nitrogens with zero attached hydrogens (tertiary/aromatic N) is 1. The summed E-state index contributed by atoms with van der Waals surface area (Å²) in [6, 6.07) is 13.6. The molecule has 3 rings (SSSR count). The van der Waals surface area contributed by atoms with Gasteiger partial charge in [-0.25, -0.2) is 4.98 Å². The number of rotatable bonds is 5. The second-order valence-corrected chi connectivity index (χ2v) is 5.58. The molecule has 1 heterocycles. The molecule has 0 amide bonds. The van der Waals surface area contributed by atoms with E-state index >= 15 is 0 Å². The Labute approximate surface area is 134 Å². The lowest BCUT2D eigenvalue weighted by Gasteiger charge is -2.15. The third-order valence-corrected chi connectivity index (χ3v) is 3.72. The van der Waals surface area contributed by atoms with Crippen molar-refractivity contribution in [3.8, 4) is 5.75 Å². The summed E-state index contributed by atoms with van der Waals surface area (Å²) in [6.45, 7) is 5.76. The van der Waals surface area contributed by atoms with Crippen LogP contribution in [-0.4, -0.2) is 9.97 Å². The van der Waals surface area contributed by atoms with Gasteiger partial charge in [-0.3, -0.25) is 0 Å². The van der Waals surface area contributed by atoms with Crippen LogP contribution in [0.25, 0.3) is 11.0 Å². The fraction of sp³-hybridized carbons (Fsp3) is 0.167. The Kier molecular flexibility index (Phi) is 4.16. The fourth-order valence-electron chi connectivity index (χ4n) is 2.38. The van der Waals surface area contributed by atoms with Gasteiger partial charge in [-0.2, -0.15) is 0 Å². The van der Waals surface area contributed by atoms with Crippen molar-refractivity contribution in [2.45, 2.75) is 19.4 Å². The number of allylic oxidation sites excluding steroid dienone is 1. The van der Waals surface area contributed by atoms with Gasteiger partial charge in [0.15, 0.2) is 6.10 Å². The summed E-state index contributed by atoms with van der Waals surface area (Å²) in [4.78, 5) is 7.83. The number of nitrogens with one attached hydrogen (secondary N) is 1. The van der Waals surface area contributed by atoms with Crippen LogP contribution in [0.15, 0.2) is 55.1 Å². The molecule has 2 aromatic carbocycles. The van der Waals surface area contributed by atoms with Gasteiger partial charge < -0.3 is 9.72 Å². The van der Waals surface area contributed by atoms with E-state index in [0.29, 0.717) is 5.02 Å². The van der Waals surface area contributed by atoms with Crippen LogP contribution in [0, 0.1) is 0 Å². The summed E-state index contributed by atoms with van der Waals surface area (Å²) in [7, 11) is 0. The Morgan fingerprint density at radius 3 is 2.95 bits per heavy atom. The molecule has 0 saturated heterocycles. The molecule has 4 heteroatoms. The highest BCUT2D eigenvalue weighted by atomic mass is 35.5. The second kappa shape index (κ2) is 6.24. The van der Waals surface area contributed by atoms with Crippen molar-refractivity contribution in [3.63, 3.8) is 0 Å². The molecule has 0 aliphatic carbocycles. The monoisotopic (exact) mass is 312 g/mol. The molecule has 0 bridgehead atoms. The first kappa shape index (κ1) is 14.7. The van der Waals surface area contributed by atoms with Crippen LogP contribution < -0.4 is 4.74 Å². The minimum absolute atomic E-state index is 0.183. The van der Waals surface area contributed by atoms with Crippen LogP contribution in [0.5, 0.6) is 5.75 Å². The molecule has 1 N–H and O–H groups in total. The number of hydrogen-bond acceptors (Lipinski definition) is 2. The molecule has 0 aliphatic heterocycles. The van der Waals surface area contributed by atoms with Crippen molar-refractivity contribution in [2.24, 2.45) is 0 Å². The summed E-state index contributed by atoms with van der Waals surface area (Å²) < 4.78 is 6.07. The van der Waals surface area contributed by atoms with Crippen molar-refractivity contribution in [3.05, 3.63) is 71.5 Å². The lowest BCUT2D eigenvalue weighted by Crippen LogP contribution is -2.06. The smallest absolute Gasteiger partial charge is 0.153 e. The molecule has 22 heavy (non-hydrogen) atoms. The van der Waals surface area contributed by atoms with E-state index in [2.05, 4.69) is 16.5 Å². The minimum atomic E-state index is -0.183. The van der Waals surface area contributed by atoms with Crippen molar-refractivity contribution in [2.75, 3.05) is 0 Å². The minimum Gasteiger partial charge on any atom is -0.483 e. The predicted octanol–water partition coefficient (Wildman–Crippen LogP) is 5.08. The van der Waals surface area contributed by atoms with E-state index in [1.807, 2.05) is 55.5 Å². The number of aromatic nitrogens is 2. The van der Waals surface area contributed by atoms with Crippen LogP contribution in [0.2, 0.25) is 5.02 Å². The molecule has 3 aromatic rings. The average molecular weight is 313 g/mol. The second-order valence-electron chi connectivity index (χ2n) is 5.14. The van der Waals surface area contributed by atoms with Crippen LogP contribution in [0.4, 0.5) is 0 Å². The number of aromatic amines is 1. The van der Waals surface area contributed by atoms with Crippen molar-refractivity contribution < 1.29 is 4.74 Å². The molecular weight excluding hydrogens is 296 g/mol. The van der Waals surface area contributed by atoms with Crippen molar-refractivity contribution in [1.29, 1.82) is 0 Å². The van der Waals surface area contributed by atoms with E-state index in [0.717, 1.165) is 34.6 Å². The van der Waals surface area contributed by atoms with E-state index in [1.54, 1.807) is 0 Å². The van der Waals surface area contributed by atoms with Crippen LogP contribution >= 0.6 is 11.6 Å². The molecule has 0 unspecified atom stereocenters. The maximum atomic E-state index is 6.07. The van der Waals surface area contributed by atoms with E-state index in [9.17, 15) is 0 Å². The van der Waals surface area contributed by atoms with Gasteiger partial charge >= 0.3 is 0 Å². The SMILES string of the molecule is C=CCc1ccccc1O[C@@H](C)c1nc2ccc(Cl)cc2[nH]1. The van der Waals surface area contributed by atoms with Gasteiger partial charge in [-0.1, -0.05) is 35.9 Å². The molecule has 1 aromatic heterocycles. The molecule has 0 aliphatic rings. The number of H-pyrrole nitrogens is 1. The fourth-order valence-corrected chi connectivity index (χ4v) is 2.56. The Morgan fingerprint density at radius 2 is 2.14 bits per heavy atom. The van der Waals surface area contributed by atoms with Crippen molar-refractivity contribution in [1.82, 2.24) is 9.97 Å². The molecule has 112 valence electrons. The van der Waals surface area contributed by atoms with Crippen molar-refractivity contribution >= 4 is 22.6 Å². The van der Waals surface area contributed by atoms with Gasteiger partial charge in [0, 0.05) is 5.02 Å². The van der Waals surface area contributed by atoms with E-state index < -0.39 is 0 Å². The first-order valence-electron chi connectivity index (χ1n) is 7.18. The Hall–Kier alpha value is -2.26. The summed E-state index contributed by atoms with van der Waals surface area (Å²) in [6.07, 6.45) is 2.46. The third kappa shape index (κ3) is 3.00. The number of halogens is 1. The standard InChI is InChI=1S/C18H17ClN2O/c1-3-6-13-7-4-5-8-17(13)22-12(2)18-20-15-10-9-14(19)11-16(15)21-18/h3-5,7-12H,1,6H2,2H3,(H,20,21)/t12-/m0/s1. The summed E-state index contributed by atoms with van der Waals surface area (Å²) in [5.41, 5.74) is 2.91. The average Bonchev–Trinajstić information content (AvgIpc) is 2.92. The summed E-state index contributed by atoms with van der Waals surface area (Å²) >= 11 is 6.00. The number of ether oxygens (including phenoxy) is 1. The normalized spacial score (nSPS) is 12.3. The first-order valence-corrected chi connectivity index (χ1v) is 7.56. The van der Waals surface area contributed by atoms with Crippen LogP contribution in [0.3, 0.4) is 0 Å². The van der Waals surface area contributed by atoms with Gasteiger partial charge in [0.1, 0.15) is 11.6 Å². The van der Waals surface area contributed by atoms with E-state index in [1.165, 1.54) is 0 Å². The van der Waals surface area contributed by atoms with Gasteiger partial charge in [0.2, 0.25) is 0 Å². The lowest BCUT2D eigenvalue weighted by molar-refractivity contribution is 0.216. The molecule has 0 fully saturated rings. The Bertz CT molecular complexity index is 810. The zero-order valence-corrected chi connectivity index (χ0v) is 13.1. The number of fused-ring (bicyclic) bond motifs is 1.